The largest absolute Gasteiger partial charge is 0.256 e. The number of hydrogen-bond donors (Lipinski definition) is 0. The second-order valence-corrected chi connectivity index (χ2v) is 13.8. The molecule has 0 saturated carbocycles. The summed E-state index contributed by atoms with van der Waals surface area (Å²) in [7, 11) is 0. The first kappa shape index (κ1) is 29.5. The van der Waals surface area contributed by atoms with Crippen LogP contribution in [0.15, 0.2) is 176 Å². The summed E-state index contributed by atoms with van der Waals surface area (Å²) in [6, 6.07) is 49.6. The lowest BCUT2D eigenvalue weighted by molar-refractivity contribution is 0.491. The zero-order valence-electron chi connectivity index (χ0n) is 28.2. The van der Waals surface area contributed by atoms with Gasteiger partial charge in [0.2, 0.25) is 0 Å². The molecule has 3 heteroatoms. The van der Waals surface area contributed by atoms with Crippen molar-refractivity contribution in [3.8, 4) is 33.9 Å². The van der Waals surface area contributed by atoms with Gasteiger partial charge in [-0.05, 0) is 56.3 Å². The molecule has 0 radical (unpaired) electrons. The Kier molecular flexibility index (Phi) is 6.68. The van der Waals surface area contributed by atoms with Crippen molar-refractivity contribution in [3.63, 3.8) is 0 Å². The molecule has 8 aromatic rings. The van der Waals surface area contributed by atoms with E-state index in [1.165, 1.54) is 38.1 Å². The quantitative estimate of drug-likeness (QED) is 0.178. The van der Waals surface area contributed by atoms with Gasteiger partial charge in [0.25, 0.3) is 0 Å². The lowest BCUT2D eigenvalue weighted by Gasteiger charge is -2.40. The van der Waals surface area contributed by atoms with Crippen LogP contribution in [0.4, 0.5) is 0 Å². The van der Waals surface area contributed by atoms with Gasteiger partial charge in [0, 0.05) is 45.2 Å². The molecule has 0 bridgehead atoms. The average molecular weight is 652 g/mol. The lowest BCUT2D eigenvalue weighted by Crippen LogP contribution is -2.33. The Bertz CT molecular complexity index is 2770. The van der Waals surface area contributed by atoms with E-state index in [9.17, 15) is 0 Å². The van der Waals surface area contributed by atoms with E-state index < -0.39 is 0 Å². The highest BCUT2D eigenvalue weighted by Crippen LogP contribution is 2.48. The van der Waals surface area contributed by atoms with Gasteiger partial charge in [0.1, 0.15) is 0 Å². The molecule has 2 unspecified atom stereocenters. The second-order valence-electron chi connectivity index (χ2n) is 13.8. The first-order valence-corrected chi connectivity index (χ1v) is 17.6. The Labute approximate surface area is 297 Å². The molecule has 2 aliphatic carbocycles. The summed E-state index contributed by atoms with van der Waals surface area (Å²) < 4.78 is 0. The number of allylic oxidation sites excluding steroid dienone is 5. The summed E-state index contributed by atoms with van der Waals surface area (Å²) in [4.78, 5) is 15.5. The minimum absolute atomic E-state index is 0.118. The molecule has 10 rings (SSSR count). The van der Waals surface area contributed by atoms with Crippen LogP contribution in [0.1, 0.15) is 23.7 Å². The van der Waals surface area contributed by atoms with Crippen LogP contribution in [0, 0.1) is 5.92 Å². The van der Waals surface area contributed by atoms with Crippen LogP contribution >= 0.6 is 0 Å². The lowest BCUT2D eigenvalue weighted by atomic mass is 9.63. The van der Waals surface area contributed by atoms with Crippen molar-refractivity contribution >= 4 is 37.9 Å². The standard InChI is InChI=1S/C48H33N3/c1-48-26-11-10-14-35(48)29-42(40-19-8-9-20-43(40)48)45-30-44(41-28-34-13-3-4-15-36(34)38-17-6-7-18-39(38)41)50-47(51-45)33-23-21-32(22-24-33)46-37-16-5-2-12-31(37)25-27-49-46/h2-30,35H,1H3. The normalized spacial score (nSPS) is 17.7. The fourth-order valence-electron chi connectivity index (χ4n) is 8.17. The predicted octanol–water partition coefficient (Wildman–Crippen LogP) is 11.8. The maximum atomic E-state index is 5.37. The minimum Gasteiger partial charge on any atom is -0.256 e. The smallest absolute Gasteiger partial charge is 0.160 e. The van der Waals surface area contributed by atoms with Crippen LogP contribution in [0.5, 0.6) is 0 Å². The van der Waals surface area contributed by atoms with E-state index in [4.69, 9.17) is 15.0 Å². The van der Waals surface area contributed by atoms with E-state index in [0.717, 1.165) is 44.7 Å². The molecule has 2 heterocycles. The van der Waals surface area contributed by atoms with E-state index in [0.29, 0.717) is 5.82 Å². The topological polar surface area (TPSA) is 38.7 Å². The minimum atomic E-state index is -0.118. The fourth-order valence-corrected chi connectivity index (χ4v) is 8.17. The van der Waals surface area contributed by atoms with E-state index in [-0.39, 0.29) is 11.3 Å². The molecular weight excluding hydrogens is 619 g/mol. The summed E-state index contributed by atoms with van der Waals surface area (Å²) in [5.41, 5.74) is 9.47. The summed E-state index contributed by atoms with van der Waals surface area (Å²) >= 11 is 0. The number of aromatic nitrogens is 3. The molecule has 0 fully saturated rings. The van der Waals surface area contributed by atoms with Crippen LogP contribution < -0.4 is 0 Å². The molecule has 2 atom stereocenters. The third-order valence-electron chi connectivity index (χ3n) is 10.8. The van der Waals surface area contributed by atoms with E-state index >= 15 is 0 Å². The molecule has 0 N–H and O–H groups in total. The van der Waals surface area contributed by atoms with Gasteiger partial charge in [0.15, 0.2) is 5.82 Å². The number of nitrogens with zero attached hydrogens (tertiary/aromatic N) is 3. The zero-order valence-corrected chi connectivity index (χ0v) is 28.2. The molecule has 2 aromatic heterocycles. The Hall–Kier alpha value is -6.45. The summed E-state index contributed by atoms with van der Waals surface area (Å²) in [6.45, 7) is 2.34. The average Bonchev–Trinajstić information content (AvgIpc) is 3.20. The summed E-state index contributed by atoms with van der Waals surface area (Å²) in [5.74, 6) is 0.909. The molecule has 6 aromatic carbocycles. The Morgan fingerprint density at radius 3 is 2.10 bits per heavy atom. The Balaban J connectivity index is 1.19. The third-order valence-corrected chi connectivity index (χ3v) is 10.8. The highest BCUT2D eigenvalue weighted by molar-refractivity contribution is 6.13. The van der Waals surface area contributed by atoms with Gasteiger partial charge in [-0.15, -0.1) is 0 Å². The predicted molar refractivity (Wildman–Crippen MR) is 211 cm³/mol. The van der Waals surface area contributed by atoms with E-state index in [1.54, 1.807) is 0 Å². The molecule has 2 aliphatic rings. The van der Waals surface area contributed by atoms with Crippen molar-refractivity contribution < 1.29 is 0 Å². The van der Waals surface area contributed by atoms with Gasteiger partial charge in [0.05, 0.1) is 17.1 Å². The maximum Gasteiger partial charge on any atom is 0.160 e. The highest BCUT2D eigenvalue weighted by atomic mass is 14.9. The van der Waals surface area contributed by atoms with Gasteiger partial charge >= 0.3 is 0 Å². The molecule has 0 amide bonds. The molecular formula is C48H33N3. The van der Waals surface area contributed by atoms with Crippen LogP contribution in [0.3, 0.4) is 0 Å². The van der Waals surface area contributed by atoms with Crippen molar-refractivity contribution in [1.29, 1.82) is 0 Å². The van der Waals surface area contributed by atoms with E-state index in [1.807, 2.05) is 6.20 Å². The van der Waals surface area contributed by atoms with Crippen LogP contribution in [-0.2, 0) is 5.41 Å². The van der Waals surface area contributed by atoms with Crippen molar-refractivity contribution in [2.75, 3.05) is 0 Å². The molecule has 51 heavy (non-hydrogen) atoms. The Morgan fingerprint density at radius 1 is 0.549 bits per heavy atom. The monoisotopic (exact) mass is 651 g/mol. The number of hydrogen-bond acceptors (Lipinski definition) is 3. The molecule has 240 valence electrons. The SMILES string of the molecule is CC12C=CC=CC1C=C(c1cc(-c3cc4ccccc4c4ccccc34)nc(-c3ccc(-c4nccc5ccccc45)cc3)n1)c1ccccc12. The number of benzene rings is 6. The number of fused-ring (bicyclic) bond motifs is 7. The van der Waals surface area contributed by atoms with Crippen molar-refractivity contribution in [2.24, 2.45) is 5.92 Å². The molecule has 0 saturated heterocycles. The zero-order chi connectivity index (χ0) is 33.9. The molecule has 0 aliphatic heterocycles. The van der Waals surface area contributed by atoms with Crippen LogP contribution in [0.25, 0.3) is 71.8 Å². The van der Waals surface area contributed by atoms with Gasteiger partial charge in [-0.2, -0.15) is 0 Å². The van der Waals surface area contributed by atoms with Crippen molar-refractivity contribution in [3.05, 3.63) is 193 Å². The number of rotatable bonds is 4. The van der Waals surface area contributed by atoms with Gasteiger partial charge in [-0.1, -0.05) is 159 Å². The third kappa shape index (κ3) is 4.77. The number of pyridine rings is 1. The van der Waals surface area contributed by atoms with Gasteiger partial charge < -0.3 is 0 Å². The second kappa shape index (κ2) is 11.6. The molecule has 3 nitrogen and oxygen atoms in total. The van der Waals surface area contributed by atoms with Gasteiger partial charge in [-0.25, -0.2) is 9.97 Å². The molecule has 0 spiro atoms. The van der Waals surface area contributed by atoms with E-state index in [2.05, 4.69) is 177 Å². The fraction of sp³-hybridized carbons (Fsp3) is 0.0625. The van der Waals surface area contributed by atoms with Crippen LogP contribution in [0.2, 0.25) is 0 Å². The van der Waals surface area contributed by atoms with Crippen molar-refractivity contribution in [1.82, 2.24) is 15.0 Å². The van der Waals surface area contributed by atoms with Crippen LogP contribution in [-0.4, -0.2) is 15.0 Å². The summed E-state index contributed by atoms with van der Waals surface area (Å²) in [6.07, 6.45) is 13.3. The Morgan fingerprint density at radius 2 is 1.24 bits per heavy atom. The summed E-state index contributed by atoms with van der Waals surface area (Å²) in [5, 5.41) is 7.14. The first-order chi connectivity index (χ1) is 25.1. The van der Waals surface area contributed by atoms with Gasteiger partial charge in [-0.3, -0.25) is 4.98 Å². The maximum absolute atomic E-state index is 5.37. The highest BCUT2D eigenvalue weighted by Gasteiger charge is 2.38. The van der Waals surface area contributed by atoms with Crippen molar-refractivity contribution in [2.45, 2.75) is 12.3 Å². The first-order valence-electron chi connectivity index (χ1n) is 17.6.